The van der Waals surface area contributed by atoms with Crippen LogP contribution in [0.3, 0.4) is 0 Å². The summed E-state index contributed by atoms with van der Waals surface area (Å²) < 4.78 is 16.4. The van der Waals surface area contributed by atoms with E-state index in [4.69, 9.17) is 14.0 Å². The Labute approximate surface area is 199 Å². The third kappa shape index (κ3) is 5.12. The van der Waals surface area contributed by atoms with Crippen molar-refractivity contribution in [3.05, 3.63) is 71.6 Å². The summed E-state index contributed by atoms with van der Waals surface area (Å²) in [5, 5.41) is 4.11. The zero-order valence-corrected chi connectivity index (χ0v) is 19.9. The molecule has 0 unspecified atom stereocenters. The number of piperazine rings is 1. The van der Waals surface area contributed by atoms with E-state index in [1.807, 2.05) is 42.2 Å². The molecule has 2 aromatic carbocycles. The number of rotatable bonds is 8. The first-order chi connectivity index (χ1) is 16.5. The van der Waals surface area contributed by atoms with Crippen LogP contribution in [0.1, 0.15) is 27.4 Å². The van der Waals surface area contributed by atoms with Crippen molar-refractivity contribution < 1.29 is 18.8 Å². The SMILES string of the molecule is C=CCc1cc(C(=O)N2CCN(Cc3nc(-c4ccc(C)cc4)no3)CC2)cc(OC)c1OC. The molecule has 2 heterocycles. The average Bonchev–Trinajstić information content (AvgIpc) is 3.32. The first-order valence-electron chi connectivity index (χ1n) is 11.3. The van der Waals surface area contributed by atoms with Crippen LogP contribution >= 0.6 is 0 Å². The summed E-state index contributed by atoms with van der Waals surface area (Å²) in [5.74, 6) is 2.32. The normalized spacial score (nSPS) is 14.1. The van der Waals surface area contributed by atoms with Gasteiger partial charge < -0.3 is 18.9 Å². The largest absolute Gasteiger partial charge is 0.493 e. The lowest BCUT2D eigenvalue weighted by Gasteiger charge is -2.34. The van der Waals surface area contributed by atoms with Crippen LogP contribution in [0.5, 0.6) is 11.5 Å². The van der Waals surface area contributed by atoms with Gasteiger partial charge >= 0.3 is 0 Å². The number of aryl methyl sites for hydroxylation is 1. The predicted octanol–water partition coefficient (Wildman–Crippen LogP) is 3.75. The minimum atomic E-state index is -0.0228. The van der Waals surface area contributed by atoms with Gasteiger partial charge in [-0.1, -0.05) is 41.1 Å². The van der Waals surface area contributed by atoms with Crippen LogP contribution in [-0.2, 0) is 13.0 Å². The highest BCUT2D eigenvalue weighted by molar-refractivity contribution is 5.95. The Hall–Kier alpha value is -3.65. The maximum Gasteiger partial charge on any atom is 0.254 e. The van der Waals surface area contributed by atoms with Crippen molar-refractivity contribution in [2.45, 2.75) is 19.9 Å². The van der Waals surface area contributed by atoms with Crippen LogP contribution in [-0.4, -0.2) is 66.2 Å². The Kier molecular flexibility index (Phi) is 7.27. The lowest BCUT2D eigenvalue weighted by Crippen LogP contribution is -2.48. The molecule has 178 valence electrons. The summed E-state index contributed by atoms with van der Waals surface area (Å²) in [6.07, 6.45) is 2.37. The molecule has 3 aromatic rings. The van der Waals surface area contributed by atoms with Crippen LogP contribution in [0.2, 0.25) is 0 Å². The van der Waals surface area contributed by atoms with Crippen LogP contribution in [0.25, 0.3) is 11.4 Å². The van der Waals surface area contributed by atoms with E-state index in [1.54, 1.807) is 26.4 Å². The van der Waals surface area contributed by atoms with Crippen molar-refractivity contribution in [2.24, 2.45) is 0 Å². The molecule has 0 atom stereocenters. The fourth-order valence-electron chi connectivity index (χ4n) is 4.10. The van der Waals surface area contributed by atoms with Crippen LogP contribution < -0.4 is 9.47 Å². The summed E-state index contributed by atoms with van der Waals surface area (Å²) in [6.45, 7) is 9.07. The zero-order chi connectivity index (χ0) is 24.1. The molecular formula is C26H30N4O4. The highest BCUT2D eigenvalue weighted by atomic mass is 16.5. The Morgan fingerprint density at radius 3 is 2.50 bits per heavy atom. The Morgan fingerprint density at radius 1 is 1.12 bits per heavy atom. The fraction of sp³-hybridized carbons (Fsp3) is 0.346. The lowest BCUT2D eigenvalue weighted by atomic mass is 10.0. The molecule has 1 saturated heterocycles. The van der Waals surface area contributed by atoms with Gasteiger partial charge in [0.25, 0.3) is 5.91 Å². The second-order valence-corrected chi connectivity index (χ2v) is 8.31. The first kappa shape index (κ1) is 23.5. The number of hydrogen-bond acceptors (Lipinski definition) is 7. The predicted molar refractivity (Wildman–Crippen MR) is 129 cm³/mol. The smallest absolute Gasteiger partial charge is 0.254 e. The number of hydrogen-bond donors (Lipinski definition) is 0. The lowest BCUT2D eigenvalue weighted by molar-refractivity contribution is 0.0614. The maximum atomic E-state index is 13.2. The molecule has 34 heavy (non-hydrogen) atoms. The number of carbonyl (C=O) groups excluding carboxylic acids is 1. The minimum Gasteiger partial charge on any atom is -0.493 e. The molecule has 0 aliphatic carbocycles. The van der Waals surface area contributed by atoms with E-state index < -0.39 is 0 Å². The number of allylic oxidation sites excluding steroid dienone is 1. The minimum absolute atomic E-state index is 0.0228. The Balaban J connectivity index is 1.38. The summed E-state index contributed by atoms with van der Waals surface area (Å²) >= 11 is 0. The van der Waals surface area contributed by atoms with Gasteiger partial charge in [-0.2, -0.15) is 4.98 Å². The van der Waals surface area contributed by atoms with E-state index in [2.05, 4.69) is 21.6 Å². The van der Waals surface area contributed by atoms with Gasteiger partial charge in [0.2, 0.25) is 11.7 Å². The third-order valence-electron chi connectivity index (χ3n) is 5.96. The van der Waals surface area contributed by atoms with E-state index in [9.17, 15) is 4.79 Å². The van der Waals surface area contributed by atoms with Crippen molar-refractivity contribution in [3.8, 4) is 22.9 Å². The third-order valence-corrected chi connectivity index (χ3v) is 5.96. The molecular weight excluding hydrogens is 432 g/mol. The number of nitrogens with zero attached hydrogens (tertiary/aromatic N) is 4. The topological polar surface area (TPSA) is 80.9 Å². The molecule has 0 radical (unpaired) electrons. The Bertz CT molecular complexity index is 1150. The van der Waals surface area contributed by atoms with E-state index in [1.165, 1.54) is 5.56 Å². The van der Waals surface area contributed by atoms with Crippen molar-refractivity contribution in [2.75, 3.05) is 40.4 Å². The summed E-state index contributed by atoms with van der Waals surface area (Å²) in [4.78, 5) is 21.8. The van der Waals surface area contributed by atoms with E-state index in [0.29, 0.717) is 54.8 Å². The van der Waals surface area contributed by atoms with Crippen LogP contribution in [0.15, 0.2) is 53.6 Å². The summed E-state index contributed by atoms with van der Waals surface area (Å²) in [6, 6.07) is 11.6. The van der Waals surface area contributed by atoms with Gasteiger partial charge in [0.05, 0.1) is 20.8 Å². The molecule has 1 aliphatic rings. The van der Waals surface area contributed by atoms with E-state index in [-0.39, 0.29) is 5.91 Å². The van der Waals surface area contributed by atoms with Gasteiger partial charge in [-0.15, -0.1) is 6.58 Å². The second-order valence-electron chi connectivity index (χ2n) is 8.31. The highest BCUT2D eigenvalue weighted by Crippen LogP contribution is 2.33. The molecule has 8 nitrogen and oxygen atoms in total. The molecule has 1 fully saturated rings. The van der Waals surface area contributed by atoms with Gasteiger partial charge in [0.1, 0.15) is 0 Å². The zero-order valence-electron chi connectivity index (χ0n) is 19.9. The average molecular weight is 463 g/mol. The molecule has 8 heteroatoms. The van der Waals surface area contributed by atoms with Gasteiger partial charge in [0.15, 0.2) is 11.5 Å². The summed E-state index contributed by atoms with van der Waals surface area (Å²) in [7, 11) is 3.17. The van der Waals surface area contributed by atoms with Crippen molar-refractivity contribution in [1.29, 1.82) is 0 Å². The standard InChI is InChI=1S/C26H30N4O4/c1-5-6-20-15-21(16-22(32-3)24(20)33-4)26(31)30-13-11-29(12-14-30)17-23-27-25(28-34-23)19-9-7-18(2)8-10-19/h5,7-10,15-16H,1,6,11-14,17H2,2-4H3. The van der Waals surface area contributed by atoms with Crippen LogP contribution in [0, 0.1) is 6.92 Å². The molecule has 0 spiro atoms. The number of amides is 1. The first-order valence-corrected chi connectivity index (χ1v) is 11.3. The van der Waals surface area contributed by atoms with Gasteiger partial charge in [-0.05, 0) is 25.5 Å². The molecule has 0 saturated carbocycles. The molecule has 1 amide bonds. The van der Waals surface area contributed by atoms with Crippen molar-refractivity contribution in [3.63, 3.8) is 0 Å². The fourth-order valence-corrected chi connectivity index (χ4v) is 4.10. The number of carbonyl (C=O) groups is 1. The highest BCUT2D eigenvalue weighted by Gasteiger charge is 2.25. The molecule has 4 rings (SSSR count). The second kappa shape index (κ2) is 10.5. The van der Waals surface area contributed by atoms with Gasteiger partial charge in [-0.25, -0.2) is 0 Å². The molecule has 1 aromatic heterocycles. The number of methoxy groups -OCH3 is 2. The molecule has 0 N–H and O–H groups in total. The number of benzene rings is 2. The van der Waals surface area contributed by atoms with Gasteiger partial charge in [-0.3, -0.25) is 9.69 Å². The van der Waals surface area contributed by atoms with E-state index >= 15 is 0 Å². The van der Waals surface area contributed by atoms with Gasteiger partial charge in [0, 0.05) is 42.9 Å². The van der Waals surface area contributed by atoms with Crippen molar-refractivity contribution >= 4 is 5.91 Å². The Morgan fingerprint density at radius 2 is 1.85 bits per heavy atom. The number of aromatic nitrogens is 2. The molecule has 1 aliphatic heterocycles. The van der Waals surface area contributed by atoms with E-state index in [0.717, 1.165) is 24.2 Å². The van der Waals surface area contributed by atoms with Crippen LogP contribution in [0.4, 0.5) is 0 Å². The quantitative estimate of drug-likeness (QED) is 0.472. The maximum absolute atomic E-state index is 13.2. The number of ether oxygens (including phenoxy) is 2. The van der Waals surface area contributed by atoms with Crippen molar-refractivity contribution in [1.82, 2.24) is 19.9 Å². The molecule has 0 bridgehead atoms. The monoisotopic (exact) mass is 462 g/mol. The summed E-state index contributed by atoms with van der Waals surface area (Å²) in [5.41, 5.74) is 3.58.